The average molecular weight is 203 g/mol. The molecule has 1 heteroatoms. The first-order valence-corrected chi connectivity index (χ1v) is 5.75. The maximum atomic E-state index is 2.31. The summed E-state index contributed by atoms with van der Waals surface area (Å²) in [6.45, 7) is 10.6. The average Bonchev–Trinajstić information content (AvgIpc) is 2.63. The van der Waals surface area contributed by atoms with E-state index < -0.39 is 0 Å². The molecule has 1 heterocycles. The Morgan fingerprint density at radius 2 is 1.73 bits per heavy atom. The van der Waals surface area contributed by atoms with E-state index in [2.05, 4.69) is 55.8 Å². The van der Waals surface area contributed by atoms with E-state index in [1.807, 2.05) is 13.8 Å². The second-order valence-electron chi connectivity index (χ2n) is 3.88. The van der Waals surface area contributed by atoms with Gasteiger partial charge in [0.2, 0.25) is 0 Å². The molecule has 0 spiro atoms. The molecule has 0 saturated carbocycles. The van der Waals surface area contributed by atoms with Crippen LogP contribution in [0.25, 0.3) is 10.9 Å². The van der Waals surface area contributed by atoms with E-state index >= 15 is 0 Å². The molecular weight excluding hydrogens is 182 g/mol. The highest BCUT2D eigenvalue weighted by molar-refractivity contribution is 5.80. The van der Waals surface area contributed by atoms with Crippen LogP contribution < -0.4 is 0 Å². The van der Waals surface area contributed by atoms with Gasteiger partial charge in [-0.05, 0) is 43.9 Å². The predicted octanol–water partition coefficient (Wildman–Crippen LogP) is 4.56. The van der Waals surface area contributed by atoms with Gasteiger partial charge >= 0.3 is 0 Å². The minimum absolute atomic E-state index is 0.541. The van der Waals surface area contributed by atoms with Crippen LogP contribution in [-0.2, 0) is 0 Å². The summed E-state index contributed by atoms with van der Waals surface area (Å²) >= 11 is 0. The normalized spacial score (nSPS) is 10.3. The highest BCUT2D eigenvalue weighted by atomic mass is 15.0. The highest BCUT2D eigenvalue weighted by Crippen LogP contribution is 2.20. The van der Waals surface area contributed by atoms with Gasteiger partial charge in [-0.25, -0.2) is 0 Å². The van der Waals surface area contributed by atoms with Crippen LogP contribution in [0.2, 0.25) is 0 Å². The van der Waals surface area contributed by atoms with Crippen molar-refractivity contribution in [2.24, 2.45) is 0 Å². The van der Waals surface area contributed by atoms with Crippen molar-refractivity contribution < 1.29 is 0 Å². The van der Waals surface area contributed by atoms with E-state index in [4.69, 9.17) is 0 Å². The third-order valence-electron chi connectivity index (χ3n) is 2.44. The van der Waals surface area contributed by atoms with Gasteiger partial charge in [0.05, 0.1) is 0 Å². The fraction of sp³-hybridized carbons (Fsp3) is 0.429. The van der Waals surface area contributed by atoms with Gasteiger partial charge in [-0.15, -0.1) is 0 Å². The number of fused-ring (bicyclic) bond motifs is 1. The Morgan fingerprint density at radius 3 is 2.33 bits per heavy atom. The lowest BCUT2D eigenvalue weighted by molar-refractivity contribution is 0.623. The standard InChI is InChI=1S/C12H15N.C2H6/c1-9(2)13-7-6-11-5-4-10(3)8-12(11)13;1-2/h4-9H,1-3H3;1-2H3. The molecule has 0 aliphatic carbocycles. The number of benzene rings is 1. The molecule has 1 aromatic carbocycles. The molecule has 0 aliphatic heterocycles. The highest BCUT2D eigenvalue weighted by Gasteiger charge is 2.02. The first-order chi connectivity index (χ1) is 7.18. The van der Waals surface area contributed by atoms with Crippen molar-refractivity contribution in [1.29, 1.82) is 0 Å². The topological polar surface area (TPSA) is 4.93 Å². The van der Waals surface area contributed by atoms with Crippen molar-refractivity contribution in [3.63, 3.8) is 0 Å². The zero-order chi connectivity index (χ0) is 11.4. The lowest BCUT2D eigenvalue weighted by atomic mass is 10.2. The van der Waals surface area contributed by atoms with Gasteiger partial charge in [-0.1, -0.05) is 26.0 Å². The van der Waals surface area contributed by atoms with Gasteiger partial charge in [0, 0.05) is 17.8 Å². The Morgan fingerprint density at radius 1 is 1.07 bits per heavy atom. The molecule has 15 heavy (non-hydrogen) atoms. The Bertz CT molecular complexity index is 424. The summed E-state index contributed by atoms with van der Waals surface area (Å²) in [5.41, 5.74) is 2.67. The van der Waals surface area contributed by atoms with Gasteiger partial charge in [0.15, 0.2) is 0 Å². The molecule has 2 aromatic rings. The summed E-state index contributed by atoms with van der Waals surface area (Å²) < 4.78 is 2.31. The molecule has 0 radical (unpaired) electrons. The molecule has 1 nitrogen and oxygen atoms in total. The van der Waals surface area contributed by atoms with Crippen molar-refractivity contribution in [2.75, 3.05) is 0 Å². The molecule has 0 bridgehead atoms. The van der Waals surface area contributed by atoms with E-state index in [0.717, 1.165) is 0 Å². The maximum absolute atomic E-state index is 2.31. The molecule has 1 aromatic heterocycles. The molecule has 0 aliphatic rings. The summed E-state index contributed by atoms with van der Waals surface area (Å²) in [6, 6.07) is 9.31. The molecule has 0 fully saturated rings. The summed E-state index contributed by atoms with van der Waals surface area (Å²) in [5.74, 6) is 0. The Kier molecular flexibility index (Phi) is 3.96. The number of hydrogen-bond acceptors (Lipinski definition) is 0. The van der Waals surface area contributed by atoms with Gasteiger partial charge in [-0.2, -0.15) is 0 Å². The maximum Gasteiger partial charge on any atom is 0.0485 e. The Hall–Kier alpha value is -1.24. The first kappa shape index (κ1) is 11.8. The lowest BCUT2D eigenvalue weighted by Gasteiger charge is -2.09. The van der Waals surface area contributed by atoms with Crippen LogP contribution in [0.3, 0.4) is 0 Å². The van der Waals surface area contributed by atoms with Crippen molar-refractivity contribution in [3.05, 3.63) is 36.0 Å². The Labute approximate surface area is 92.7 Å². The van der Waals surface area contributed by atoms with Gasteiger partial charge in [-0.3, -0.25) is 0 Å². The first-order valence-electron chi connectivity index (χ1n) is 5.75. The minimum Gasteiger partial charge on any atom is -0.345 e. The van der Waals surface area contributed by atoms with Crippen LogP contribution in [0.15, 0.2) is 30.5 Å². The third kappa shape index (κ3) is 2.41. The molecule has 0 N–H and O–H groups in total. The van der Waals surface area contributed by atoms with Gasteiger partial charge in [0.1, 0.15) is 0 Å². The fourth-order valence-electron chi connectivity index (χ4n) is 1.71. The second-order valence-corrected chi connectivity index (χ2v) is 3.88. The fourth-order valence-corrected chi connectivity index (χ4v) is 1.71. The summed E-state index contributed by atoms with van der Waals surface area (Å²) in [6.07, 6.45) is 2.16. The molecule has 0 atom stereocenters. The van der Waals surface area contributed by atoms with Crippen LogP contribution in [-0.4, -0.2) is 4.57 Å². The molecule has 0 amide bonds. The largest absolute Gasteiger partial charge is 0.345 e. The van der Waals surface area contributed by atoms with Crippen LogP contribution >= 0.6 is 0 Å². The smallest absolute Gasteiger partial charge is 0.0485 e. The Balaban J connectivity index is 0.000000531. The number of aryl methyl sites for hydroxylation is 1. The van der Waals surface area contributed by atoms with Crippen LogP contribution in [0.4, 0.5) is 0 Å². The second kappa shape index (κ2) is 5.01. The minimum atomic E-state index is 0.541. The summed E-state index contributed by atoms with van der Waals surface area (Å²) in [7, 11) is 0. The monoisotopic (exact) mass is 203 g/mol. The van der Waals surface area contributed by atoms with Crippen molar-refractivity contribution >= 4 is 10.9 Å². The third-order valence-corrected chi connectivity index (χ3v) is 2.44. The van der Waals surface area contributed by atoms with Crippen molar-refractivity contribution in [1.82, 2.24) is 4.57 Å². The molecule has 0 unspecified atom stereocenters. The van der Waals surface area contributed by atoms with Crippen molar-refractivity contribution in [3.8, 4) is 0 Å². The van der Waals surface area contributed by atoms with Gasteiger partial charge < -0.3 is 4.57 Å². The number of rotatable bonds is 1. The summed E-state index contributed by atoms with van der Waals surface area (Å²) in [4.78, 5) is 0. The van der Waals surface area contributed by atoms with E-state index in [1.54, 1.807) is 0 Å². The molecule has 2 rings (SSSR count). The van der Waals surface area contributed by atoms with Crippen molar-refractivity contribution in [2.45, 2.75) is 40.7 Å². The zero-order valence-electron chi connectivity index (χ0n) is 10.4. The number of hydrogen-bond donors (Lipinski definition) is 0. The number of nitrogens with zero attached hydrogens (tertiary/aromatic N) is 1. The van der Waals surface area contributed by atoms with E-state index in [1.165, 1.54) is 16.5 Å². The predicted molar refractivity (Wildman–Crippen MR) is 68.4 cm³/mol. The molecule has 0 saturated heterocycles. The van der Waals surface area contributed by atoms with E-state index in [-0.39, 0.29) is 0 Å². The molecule has 82 valence electrons. The zero-order valence-corrected chi connectivity index (χ0v) is 10.4. The van der Waals surface area contributed by atoms with E-state index in [9.17, 15) is 0 Å². The van der Waals surface area contributed by atoms with Crippen LogP contribution in [0.1, 0.15) is 39.3 Å². The lowest BCUT2D eigenvalue weighted by Crippen LogP contribution is -1.97. The van der Waals surface area contributed by atoms with E-state index in [0.29, 0.717) is 6.04 Å². The number of aromatic nitrogens is 1. The molecular formula is C14H21N. The quantitative estimate of drug-likeness (QED) is 0.640. The van der Waals surface area contributed by atoms with Crippen LogP contribution in [0, 0.1) is 6.92 Å². The summed E-state index contributed by atoms with van der Waals surface area (Å²) in [5, 5.41) is 1.33. The van der Waals surface area contributed by atoms with Crippen LogP contribution in [0.5, 0.6) is 0 Å². The van der Waals surface area contributed by atoms with Gasteiger partial charge in [0.25, 0.3) is 0 Å². The SMILES string of the molecule is CC.Cc1ccc2ccn(C(C)C)c2c1.